The lowest BCUT2D eigenvalue weighted by Crippen LogP contribution is -2.13. The van der Waals surface area contributed by atoms with Crippen LogP contribution in [-0.2, 0) is 0 Å². The number of nitrogens with one attached hydrogen (secondary N) is 4. The van der Waals surface area contributed by atoms with Crippen LogP contribution in [-0.4, -0.2) is 30.0 Å². The number of benzene rings is 1. The molecule has 0 unspecified atom stereocenters. The zero-order chi connectivity index (χ0) is 19.7. The van der Waals surface area contributed by atoms with E-state index in [9.17, 15) is 18.3 Å². The summed E-state index contributed by atoms with van der Waals surface area (Å²) >= 11 is 0. The molecule has 0 fully saturated rings. The van der Waals surface area contributed by atoms with Gasteiger partial charge in [-0.15, -0.1) is 0 Å². The lowest BCUT2D eigenvalue weighted by atomic mass is 10.1. The highest BCUT2D eigenvalue weighted by atomic mass is 19.3. The molecule has 1 aromatic carbocycles. The summed E-state index contributed by atoms with van der Waals surface area (Å²) in [5.41, 5.74) is 0.417. The van der Waals surface area contributed by atoms with Crippen molar-refractivity contribution in [2.75, 3.05) is 11.9 Å². The second-order valence-electron chi connectivity index (χ2n) is 5.56. The third-order valence-electron chi connectivity index (χ3n) is 3.40. The van der Waals surface area contributed by atoms with E-state index >= 15 is 0 Å². The quantitative estimate of drug-likeness (QED) is 0.404. The van der Waals surface area contributed by atoms with E-state index in [4.69, 9.17) is 10.8 Å². The molecule has 0 aliphatic rings. The zero-order valence-corrected chi connectivity index (χ0v) is 14.6. The van der Waals surface area contributed by atoms with Gasteiger partial charge >= 0.3 is 0 Å². The third-order valence-corrected chi connectivity index (χ3v) is 3.40. The largest absolute Gasteiger partial charge is 0.391 e. The van der Waals surface area contributed by atoms with Crippen molar-refractivity contribution < 1.29 is 18.3 Å². The van der Waals surface area contributed by atoms with E-state index in [1.165, 1.54) is 19.1 Å². The molecule has 0 amide bonds. The van der Waals surface area contributed by atoms with E-state index in [0.29, 0.717) is 17.8 Å². The molecule has 1 aromatic rings. The number of aliphatic hydroxyl groups excluding tert-OH is 1. The monoisotopic (exact) mass is 368 g/mol. The molecule has 1 rings (SSSR count). The maximum atomic E-state index is 13.4. The molecule has 0 aromatic heterocycles. The summed E-state index contributed by atoms with van der Waals surface area (Å²) < 4.78 is 38.9. The van der Waals surface area contributed by atoms with Crippen LogP contribution in [0.15, 0.2) is 41.7 Å². The molecular formula is C18H23F3N4O. The van der Waals surface area contributed by atoms with Gasteiger partial charge in [0.15, 0.2) is 0 Å². The minimum absolute atomic E-state index is 0.0717. The summed E-state index contributed by atoms with van der Waals surface area (Å²) in [4.78, 5) is 0. The molecule has 5 nitrogen and oxygen atoms in total. The van der Waals surface area contributed by atoms with Gasteiger partial charge in [-0.25, -0.2) is 13.2 Å². The average Bonchev–Trinajstić information content (AvgIpc) is 2.59. The Balaban J connectivity index is 3.22. The summed E-state index contributed by atoms with van der Waals surface area (Å²) in [5, 5.41) is 30.4. The Morgan fingerprint density at radius 3 is 2.58 bits per heavy atom. The van der Waals surface area contributed by atoms with Crippen LogP contribution in [0.2, 0.25) is 0 Å². The first-order chi connectivity index (χ1) is 12.3. The van der Waals surface area contributed by atoms with Crippen molar-refractivity contribution >= 4 is 17.6 Å². The van der Waals surface area contributed by atoms with Gasteiger partial charge in [-0.2, -0.15) is 0 Å². The Kier molecular flexibility index (Phi) is 8.57. The van der Waals surface area contributed by atoms with Crippen molar-refractivity contribution in [1.29, 1.82) is 10.8 Å². The molecule has 0 aliphatic carbocycles. The fraction of sp³-hybridized carbons (Fsp3) is 0.333. The number of rotatable bonds is 10. The molecule has 0 spiro atoms. The van der Waals surface area contributed by atoms with Crippen molar-refractivity contribution in [3.05, 3.63) is 53.1 Å². The van der Waals surface area contributed by atoms with E-state index in [1.807, 2.05) is 6.92 Å². The number of halogens is 3. The summed E-state index contributed by atoms with van der Waals surface area (Å²) in [6.45, 7) is 3.95. The fourth-order valence-corrected chi connectivity index (χ4v) is 2.14. The number of alkyl halides is 2. The summed E-state index contributed by atoms with van der Waals surface area (Å²) in [7, 11) is 0. The maximum Gasteiger partial charge on any atom is 0.279 e. The predicted octanol–water partition coefficient (Wildman–Crippen LogP) is 3.99. The van der Waals surface area contributed by atoms with E-state index in [2.05, 4.69) is 10.6 Å². The molecule has 0 aliphatic heterocycles. The normalized spacial score (nSPS) is 13.5. The highest BCUT2D eigenvalue weighted by Gasteiger charge is 2.14. The molecule has 0 radical (unpaired) electrons. The van der Waals surface area contributed by atoms with Crippen molar-refractivity contribution in [2.45, 2.75) is 32.8 Å². The number of anilines is 1. The Morgan fingerprint density at radius 2 is 2.04 bits per heavy atom. The van der Waals surface area contributed by atoms with Gasteiger partial charge in [0.1, 0.15) is 5.82 Å². The number of allylic oxidation sites excluding steroid dienone is 2. The van der Waals surface area contributed by atoms with Gasteiger partial charge in [0.05, 0.1) is 11.8 Å². The lowest BCUT2D eigenvalue weighted by Gasteiger charge is -2.17. The molecule has 0 saturated heterocycles. The summed E-state index contributed by atoms with van der Waals surface area (Å²) in [6.07, 6.45) is -0.231. The predicted molar refractivity (Wildman–Crippen MR) is 97.6 cm³/mol. The second-order valence-corrected chi connectivity index (χ2v) is 5.56. The summed E-state index contributed by atoms with van der Waals surface area (Å²) in [6, 6.07) is 3.71. The first-order valence-electron chi connectivity index (χ1n) is 8.03. The Bertz CT molecular complexity index is 700. The van der Waals surface area contributed by atoms with Crippen molar-refractivity contribution in [1.82, 2.24) is 5.32 Å². The molecule has 5 N–H and O–H groups in total. The maximum absolute atomic E-state index is 13.4. The molecule has 26 heavy (non-hydrogen) atoms. The molecule has 0 bridgehead atoms. The van der Waals surface area contributed by atoms with Gasteiger partial charge in [0.2, 0.25) is 0 Å². The molecule has 1 atom stereocenters. The van der Waals surface area contributed by atoms with Crippen LogP contribution in [0.3, 0.4) is 0 Å². The molecule has 8 heteroatoms. The van der Waals surface area contributed by atoms with Gasteiger partial charge in [-0.1, -0.05) is 0 Å². The van der Waals surface area contributed by atoms with Crippen molar-refractivity contribution in [2.24, 2.45) is 0 Å². The van der Waals surface area contributed by atoms with Crippen molar-refractivity contribution in [3.8, 4) is 0 Å². The topological polar surface area (TPSA) is 92.0 Å². The van der Waals surface area contributed by atoms with Crippen LogP contribution >= 0.6 is 0 Å². The molecular weight excluding hydrogens is 345 g/mol. The molecule has 142 valence electrons. The average molecular weight is 368 g/mol. The van der Waals surface area contributed by atoms with Crippen LogP contribution in [0.1, 0.15) is 31.9 Å². The molecule has 0 saturated carbocycles. The Hall–Kier alpha value is -2.61. The van der Waals surface area contributed by atoms with Crippen molar-refractivity contribution in [3.63, 3.8) is 0 Å². The number of hydrogen-bond donors (Lipinski definition) is 5. The van der Waals surface area contributed by atoms with Gasteiger partial charge in [-0.05, 0) is 43.7 Å². The van der Waals surface area contributed by atoms with Gasteiger partial charge in [0, 0.05) is 42.3 Å². The first kappa shape index (κ1) is 21.4. The fourth-order valence-electron chi connectivity index (χ4n) is 2.14. The highest BCUT2D eigenvalue weighted by Crippen LogP contribution is 2.26. The van der Waals surface area contributed by atoms with Crippen LogP contribution in [0.4, 0.5) is 18.9 Å². The number of aliphatic hydroxyl groups is 1. The zero-order valence-electron chi connectivity index (χ0n) is 14.6. The first-order valence-corrected chi connectivity index (χ1v) is 8.03. The number of hydrogen-bond acceptors (Lipinski definition) is 5. The lowest BCUT2D eigenvalue weighted by molar-refractivity contribution is 0.199. The van der Waals surface area contributed by atoms with Crippen LogP contribution in [0.25, 0.3) is 0 Å². The van der Waals surface area contributed by atoms with E-state index in [0.717, 1.165) is 18.4 Å². The van der Waals surface area contributed by atoms with Gasteiger partial charge in [0.25, 0.3) is 6.43 Å². The smallest absolute Gasteiger partial charge is 0.279 e. The van der Waals surface area contributed by atoms with Crippen LogP contribution in [0, 0.1) is 16.6 Å². The van der Waals surface area contributed by atoms with E-state index in [-0.39, 0.29) is 17.7 Å². The minimum Gasteiger partial charge on any atom is -0.391 e. The van der Waals surface area contributed by atoms with Gasteiger partial charge < -0.3 is 21.1 Å². The minimum atomic E-state index is -2.95. The van der Waals surface area contributed by atoms with Crippen LogP contribution < -0.4 is 10.6 Å². The standard InChI is InChI=1S/C18H23F3N4O/c1-3-24-10-12(9-22)6-14(8-16(23)18(20)21)25-17-5-4-13(19)7-15(17)11(2)26/h4-5,7-11,18,22-26H,3,6H2,1-2H3/b12-10-,14-8-,22-9?,23-16?/t11-/m1/s1. The van der Waals surface area contributed by atoms with E-state index in [1.54, 1.807) is 6.20 Å². The Morgan fingerprint density at radius 1 is 1.35 bits per heavy atom. The van der Waals surface area contributed by atoms with Crippen LogP contribution in [0.5, 0.6) is 0 Å². The summed E-state index contributed by atoms with van der Waals surface area (Å²) in [5.74, 6) is -0.537. The van der Waals surface area contributed by atoms with Gasteiger partial charge in [-0.3, -0.25) is 5.41 Å². The molecule has 0 heterocycles. The third kappa shape index (κ3) is 6.72. The SMILES string of the molecule is CCN/C=C(\C=N)C/C(=C/C(=N)C(F)F)Nc1ccc(F)cc1[C@@H](C)O. The van der Waals surface area contributed by atoms with E-state index < -0.39 is 24.1 Å². The highest BCUT2D eigenvalue weighted by molar-refractivity contribution is 5.96. The second kappa shape index (κ2) is 10.4. The Labute approximate surface area is 150 Å².